The smallest absolute Gasteiger partial charge is 0.324 e. The Hall–Kier alpha value is -3.71. The van der Waals surface area contributed by atoms with E-state index in [1.165, 1.54) is 6.20 Å². The molecule has 1 aliphatic rings. The molecule has 3 aromatic carbocycles. The Balaban J connectivity index is 1.82. The molecule has 0 radical (unpaired) electrons. The first-order chi connectivity index (χ1) is 16.3. The van der Waals surface area contributed by atoms with Crippen LogP contribution in [0.25, 0.3) is 0 Å². The van der Waals surface area contributed by atoms with Crippen LogP contribution >= 0.6 is 0 Å². The molecule has 0 heterocycles. The number of sulfonamides is 1. The van der Waals surface area contributed by atoms with Crippen LogP contribution in [0.2, 0.25) is 0 Å². The maximum absolute atomic E-state index is 13.6. The van der Waals surface area contributed by atoms with Gasteiger partial charge in [0.15, 0.2) is 11.2 Å². The number of ether oxygens (including phenoxy) is 1. The normalized spacial score (nSPS) is 18.4. The topological polar surface area (TPSA) is 80.8 Å². The first kappa shape index (κ1) is 23.4. The predicted octanol–water partition coefficient (Wildman–Crippen LogP) is 4.91. The molecule has 0 saturated heterocycles. The van der Waals surface area contributed by atoms with Gasteiger partial charge in [-0.3, -0.25) is 9.59 Å². The second kappa shape index (κ2) is 9.27. The molecule has 34 heavy (non-hydrogen) atoms. The van der Waals surface area contributed by atoms with Crippen LogP contribution in [0.5, 0.6) is 0 Å². The summed E-state index contributed by atoms with van der Waals surface area (Å²) in [6.07, 6.45) is 1.48. The van der Waals surface area contributed by atoms with Crippen LogP contribution < -0.4 is 4.31 Å². The molecular weight excluding hydrogens is 450 g/mol. The third-order valence-electron chi connectivity index (χ3n) is 5.79. The number of rotatable bonds is 8. The second-order valence-electron chi connectivity index (χ2n) is 8.10. The Bertz CT molecular complexity index is 1330. The highest BCUT2D eigenvalue weighted by Crippen LogP contribution is 2.55. The summed E-state index contributed by atoms with van der Waals surface area (Å²) >= 11 is 0. The maximum atomic E-state index is 13.6. The van der Waals surface area contributed by atoms with Crippen molar-refractivity contribution < 1.29 is 22.7 Å². The Morgan fingerprint density at radius 3 is 2.12 bits per heavy atom. The van der Waals surface area contributed by atoms with Gasteiger partial charge in [-0.25, -0.2) is 12.7 Å². The summed E-state index contributed by atoms with van der Waals surface area (Å²) < 4.78 is 33.6. The van der Waals surface area contributed by atoms with E-state index in [0.717, 1.165) is 9.87 Å². The zero-order valence-corrected chi connectivity index (χ0v) is 19.8. The summed E-state index contributed by atoms with van der Waals surface area (Å²) in [6.45, 7) is 3.66. The minimum absolute atomic E-state index is 0.0896. The minimum atomic E-state index is -4.01. The van der Waals surface area contributed by atoms with Crippen LogP contribution in [0.15, 0.2) is 102 Å². The largest absolute Gasteiger partial charge is 0.465 e. The van der Waals surface area contributed by atoms with Crippen molar-refractivity contribution in [3.8, 4) is 0 Å². The monoisotopic (exact) mass is 475 g/mol. The van der Waals surface area contributed by atoms with Gasteiger partial charge in [-0.1, -0.05) is 66.2 Å². The van der Waals surface area contributed by atoms with E-state index in [2.05, 4.69) is 0 Å². The highest BCUT2D eigenvalue weighted by molar-refractivity contribution is 7.93. The number of hydrogen-bond donors (Lipinski definition) is 0. The molecule has 1 unspecified atom stereocenters. The molecule has 1 aliphatic carbocycles. The molecule has 0 amide bonds. The predicted molar refractivity (Wildman–Crippen MR) is 130 cm³/mol. The first-order valence-corrected chi connectivity index (χ1v) is 12.4. The molecular formula is C27H25NO5S. The third kappa shape index (κ3) is 4.26. The first-order valence-electron chi connectivity index (χ1n) is 10.9. The number of anilines is 1. The average Bonchev–Trinajstić information content (AvgIpc) is 3.59. The number of carbonyl (C=O) groups excluding carboxylic acids is 2. The molecule has 1 atom stereocenters. The fourth-order valence-corrected chi connectivity index (χ4v) is 5.20. The lowest BCUT2D eigenvalue weighted by molar-refractivity contribution is -0.147. The van der Waals surface area contributed by atoms with Crippen molar-refractivity contribution in [2.45, 2.75) is 25.2 Å². The summed E-state index contributed by atoms with van der Waals surface area (Å²) in [7, 11) is -4.01. The quantitative estimate of drug-likeness (QED) is 0.263. The van der Waals surface area contributed by atoms with Gasteiger partial charge in [0.1, 0.15) is 0 Å². The molecule has 6 nitrogen and oxygen atoms in total. The van der Waals surface area contributed by atoms with E-state index in [1.54, 1.807) is 91.9 Å². The van der Waals surface area contributed by atoms with Crippen molar-refractivity contribution in [3.05, 3.63) is 108 Å². The molecule has 0 bridgehead atoms. The minimum Gasteiger partial charge on any atom is -0.465 e. The van der Waals surface area contributed by atoms with Gasteiger partial charge in [0.2, 0.25) is 0 Å². The van der Waals surface area contributed by atoms with E-state index in [9.17, 15) is 18.0 Å². The molecule has 1 fully saturated rings. The van der Waals surface area contributed by atoms with E-state index in [1.807, 2.05) is 6.92 Å². The van der Waals surface area contributed by atoms with Gasteiger partial charge in [0.25, 0.3) is 10.0 Å². The van der Waals surface area contributed by atoms with Crippen molar-refractivity contribution in [3.63, 3.8) is 0 Å². The van der Waals surface area contributed by atoms with Gasteiger partial charge in [-0.15, -0.1) is 0 Å². The summed E-state index contributed by atoms with van der Waals surface area (Å²) in [5, 5.41) is 0. The molecule has 3 aromatic rings. The lowest BCUT2D eigenvalue weighted by atomic mass is 9.94. The Morgan fingerprint density at radius 2 is 1.53 bits per heavy atom. The van der Waals surface area contributed by atoms with Gasteiger partial charge < -0.3 is 4.74 Å². The molecule has 7 heteroatoms. The fourth-order valence-electron chi connectivity index (χ4n) is 3.83. The van der Waals surface area contributed by atoms with Crippen LogP contribution in [-0.4, -0.2) is 26.8 Å². The van der Waals surface area contributed by atoms with Crippen LogP contribution in [0.3, 0.4) is 0 Å². The lowest BCUT2D eigenvalue weighted by Gasteiger charge is -2.21. The summed E-state index contributed by atoms with van der Waals surface area (Å²) in [5.41, 5.74) is 0.548. The SMILES string of the molecule is CCOC(=O)C1(C(=O)c2ccccc2)C/C1=C\N(c1ccccc1)S(=O)(=O)c1ccc(C)cc1. The molecule has 1 saturated carbocycles. The molecule has 0 N–H and O–H groups in total. The molecule has 0 spiro atoms. The zero-order chi connectivity index (χ0) is 24.3. The third-order valence-corrected chi connectivity index (χ3v) is 7.49. The van der Waals surface area contributed by atoms with Gasteiger partial charge >= 0.3 is 5.97 Å². The van der Waals surface area contributed by atoms with Gasteiger partial charge in [0, 0.05) is 11.8 Å². The number of esters is 1. The van der Waals surface area contributed by atoms with Gasteiger partial charge in [-0.05, 0) is 50.1 Å². The number of hydrogen-bond acceptors (Lipinski definition) is 5. The van der Waals surface area contributed by atoms with Gasteiger partial charge in [-0.2, -0.15) is 0 Å². The van der Waals surface area contributed by atoms with Gasteiger partial charge in [0.05, 0.1) is 17.2 Å². The van der Waals surface area contributed by atoms with Crippen LogP contribution in [-0.2, 0) is 19.6 Å². The van der Waals surface area contributed by atoms with Crippen LogP contribution in [0.1, 0.15) is 29.3 Å². The highest BCUT2D eigenvalue weighted by Gasteiger charge is 2.63. The van der Waals surface area contributed by atoms with Crippen molar-refractivity contribution in [1.29, 1.82) is 0 Å². The van der Waals surface area contributed by atoms with Crippen molar-refractivity contribution in [2.75, 3.05) is 10.9 Å². The van der Waals surface area contributed by atoms with E-state index >= 15 is 0 Å². The number of ketones is 1. The molecule has 174 valence electrons. The van der Waals surface area contributed by atoms with Crippen LogP contribution in [0, 0.1) is 12.3 Å². The summed E-state index contributed by atoms with van der Waals surface area (Å²) in [6, 6.07) is 23.6. The lowest BCUT2D eigenvalue weighted by Crippen LogP contribution is -2.30. The number of Topliss-reactive ketones (excluding diaryl/α,β-unsaturated/α-hetero) is 1. The molecule has 0 aromatic heterocycles. The van der Waals surface area contributed by atoms with E-state index in [0.29, 0.717) is 16.8 Å². The van der Waals surface area contributed by atoms with Crippen LogP contribution in [0.4, 0.5) is 5.69 Å². The standard InChI is InChI=1S/C27H25NO5S/c1-3-33-26(30)27(25(29)21-10-6-4-7-11-21)18-22(27)19-28(23-12-8-5-9-13-23)34(31,32)24-16-14-20(2)15-17-24/h4-17,19H,3,18H2,1-2H3/b22-19+. The van der Waals surface area contributed by atoms with E-state index in [4.69, 9.17) is 4.74 Å². The van der Waals surface area contributed by atoms with Crippen molar-refractivity contribution >= 4 is 27.5 Å². The number of para-hydroxylation sites is 1. The van der Waals surface area contributed by atoms with Crippen molar-refractivity contribution in [2.24, 2.45) is 5.41 Å². The Labute approximate surface area is 199 Å². The average molecular weight is 476 g/mol. The van der Waals surface area contributed by atoms with E-state index in [-0.39, 0.29) is 17.9 Å². The number of nitrogens with zero attached hydrogens (tertiary/aromatic N) is 1. The number of carbonyl (C=O) groups is 2. The summed E-state index contributed by atoms with van der Waals surface area (Å²) in [4.78, 5) is 26.5. The van der Waals surface area contributed by atoms with E-state index < -0.39 is 27.2 Å². The molecule has 4 rings (SSSR count). The fraction of sp³-hybridized carbons (Fsp3) is 0.185. The van der Waals surface area contributed by atoms with Crippen molar-refractivity contribution in [1.82, 2.24) is 0 Å². The maximum Gasteiger partial charge on any atom is 0.324 e. The zero-order valence-electron chi connectivity index (χ0n) is 19.0. The Morgan fingerprint density at radius 1 is 0.941 bits per heavy atom. The summed E-state index contributed by atoms with van der Waals surface area (Å²) in [5.74, 6) is -1.07. The number of aryl methyl sites for hydroxylation is 1. The number of benzene rings is 3. The highest BCUT2D eigenvalue weighted by atomic mass is 32.2. The Kier molecular flexibility index (Phi) is 6.39. The second-order valence-corrected chi connectivity index (χ2v) is 9.92. The molecule has 0 aliphatic heterocycles.